The lowest BCUT2D eigenvalue weighted by atomic mass is 9.94. The quantitative estimate of drug-likeness (QED) is 0.900. The van der Waals surface area contributed by atoms with Crippen LogP contribution in [0.25, 0.3) is 0 Å². The van der Waals surface area contributed by atoms with Gasteiger partial charge in [-0.1, -0.05) is 29.3 Å². The van der Waals surface area contributed by atoms with Crippen LogP contribution >= 0.6 is 15.9 Å². The van der Waals surface area contributed by atoms with Gasteiger partial charge in [0.25, 0.3) is 0 Å². The van der Waals surface area contributed by atoms with Crippen molar-refractivity contribution in [3.05, 3.63) is 27.7 Å². The smallest absolute Gasteiger partial charge is 0.224 e. The summed E-state index contributed by atoms with van der Waals surface area (Å²) >= 11 is 3.51. The van der Waals surface area contributed by atoms with E-state index >= 15 is 0 Å². The first-order valence-electron chi connectivity index (χ1n) is 5.99. The maximum atomic E-state index is 11.5. The zero-order valence-electron chi connectivity index (χ0n) is 9.92. The Morgan fingerprint density at radius 3 is 2.94 bits per heavy atom. The number of nitrogens with two attached hydrogens (primary N) is 1. The van der Waals surface area contributed by atoms with E-state index in [0.29, 0.717) is 6.42 Å². The summed E-state index contributed by atoms with van der Waals surface area (Å²) in [6.07, 6.45) is 3.33. The lowest BCUT2D eigenvalue weighted by Crippen LogP contribution is -2.23. The number of amides is 1. The largest absolute Gasteiger partial charge is 0.326 e. The molecule has 4 heteroatoms. The van der Waals surface area contributed by atoms with Crippen LogP contribution in [0, 0.1) is 0 Å². The number of rotatable bonds is 3. The van der Waals surface area contributed by atoms with Crippen LogP contribution in [-0.2, 0) is 11.2 Å². The molecule has 1 amide bonds. The van der Waals surface area contributed by atoms with Crippen molar-refractivity contribution >= 4 is 27.5 Å². The van der Waals surface area contributed by atoms with Crippen LogP contribution in [0.15, 0.2) is 16.6 Å². The number of benzene rings is 1. The van der Waals surface area contributed by atoms with Crippen LogP contribution in [0.5, 0.6) is 0 Å². The summed E-state index contributed by atoms with van der Waals surface area (Å²) in [7, 11) is 0. The van der Waals surface area contributed by atoms with Gasteiger partial charge in [0, 0.05) is 22.6 Å². The summed E-state index contributed by atoms with van der Waals surface area (Å²) in [5.41, 5.74) is 9.33. The molecule has 0 fully saturated rings. The minimum atomic E-state index is -0.00958. The van der Waals surface area contributed by atoms with Crippen LogP contribution < -0.4 is 11.1 Å². The molecule has 1 aromatic rings. The van der Waals surface area contributed by atoms with Gasteiger partial charge in [-0.25, -0.2) is 0 Å². The van der Waals surface area contributed by atoms with Gasteiger partial charge in [0.05, 0.1) is 0 Å². The number of fused-ring (bicyclic) bond motifs is 1. The van der Waals surface area contributed by atoms with Gasteiger partial charge in [0.1, 0.15) is 0 Å². The molecule has 1 atom stereocenters. The van der Waals surface area contributed by atoms with Gasteiger partial charge in [0.15, 0.2) is 0 Å². The lowest BCUT2D eigenvalue weighted by molar-refractivity contribution is -0.116. The first-order chi connectivity index (χ1) is 8.11. The highest BCUT2D eigenvalue weighted by molar-refractivity contribution is 9.10. The zero-order valence-corrected chi connectivity index (χ0v) is 11.5. The second kappa shape index (κ2) is 5.19. The summed E-state index contributed by atoms with van der Waals surface area (Å²) in [5, 5.41) is 2.96. The number of hydrogen-bond donors (Lipinski definition) is 2. The van der Waals surface area contributed by atoms with Gasteiger partial charge in [-0.3, -0.25) is 4.79 Å². The third kappa shape index (κ3) is 2.69. The average Bonchev–Trinajstić information content (AvgIpc) is 2.29. The van der Waals surface area contributed by atoms with Crippen LogP contribution in [0.1, 0.15) is 43.4 Å². The average molecular weight is 297 g/mol. The number of carbonyl (C=O) groups is 1. The van der Waals surface area contributed by atoms with E-state index in [1.807, 2.05) is 6.07 Å². The number of nitrogens with one attached hydrogen (secondary N) is 1. The van der Waals surface area contributed by atoms with Gasteiger partial charge in [-0.2, -0.15) is 0 Å². The van der Waals surface area contributed by atoms with Crippen molar-refractivity contribution in [2.75, 3.05) is 5.32 Å². The van der Waals surface area contributed by atoms with Gasteiger partial charge in [-0.05, 0) is 36.1 Å². The van der Waals surface area contributed by atoms with Crippen molar-refractivity contribution in [1.29, 1.82) is 0 Å². The minimum absolute atomic E-state index is 0.00958. The lowest BCUT2D eigenvalue weighted by Gasteiger charge is -2.23. The van der Waals surface area contributed by atoms with Crippen molar-refractivity contribution in [2.24, 2.45) is 5.73 Å². The summed E-state index contributed by atoms with van der Waals surface area (Å²) in [6, 6.07) is 4.08. The highest BCUT2D eigenvalue weighted by atomic mass is 79.9. The second-order valence-corrected chi connectivity index (χ2v) is 5.39. The number of halogens is 1. The van der Waals surface area contributed by atoms with E-state index < -0.39 is 0 Å². The number of hydrogen-bond acceptors (Lipinski definition) is 2. The van der Waals surface area contributed by atoms with Crippen LogP contribution in [-0.4, -0.2) is 5.91 Å². The minimum Gasteiger partial charge on any atom is -0.326 e. The van der Waals surface area contributed by atoms with Gasteiger partial charge in [0.2, 0.25) is 5.91 Å². The fourth-order valence-corrected chi connectivity index (χ4v) is 2.77. The van der Waals surface area contributed by atoms with Crippen molar-refractivity contribution in [1.82, 2.24) is 0 Å². The molecule has 1 heterocycles. The molecule has 0 aromatic heterocycles. The van der Waals surface area contributed by atoms with E-state index in [0.717, 1.165) is 35.0 Å². The fourth-order valence-electron chi connectivity index (χ4n) is 2.25. The third-order valence-electron chi connectivity index (χ3n) is 3.10. The predicted octanol–water partition coefficient (Wildman–Crippen LogP) is 3.13. The molecular weight excluding hydrogens is 280 g/mol. The number of carbonyl (C=O) groups excluding carboxylic acids is 1. The standard InChI is InChI=1S/C13H17BrN2O/c1-2-3-11(15)10-7-9(14)6-8-4-5-12(17)16-13(8)10/h6-7,11H,2-5,15H2,1H3,(H,16,17). The molecule has 1 aliphatic heterocycles. The molecule has 1 aliphatic rings. The summed E-state index contributed by atoms with van der Waals surface area (Å²) in [5.74, 6) is 0.0878. The molecule has 17 heavy (non-hydrogen) atoms. The normalized spacial score (nSPS) is 16.3. The third-order valence-corrected chi connectivity index (χ3v) is 3.56. The Bertz CT molecular complexity index is 445. The van der Waals surface area contributed by atoms with E-state index in [-0.39, 0.29) is 11.9 Å². The van der Waals surface area contributed by atoms with Crippen LogP contribution in [0.4, 0.5) is 5.69 Å². The van der Waals surface area contributed by atoms with Crippen molar-refractivity contribution in [3.8, 4) is 0 Å². The second-order valence-electron chi connectivity index (χ2n) is 4.47. The molecule has 1 unspecified atom stereocenters. The molecule has 0 bridgehead atoms. The SMILES string of the molecule is CCCC(N)c1cc(Br)cc2c1NC(=O)CC2. The van der Waals surface area contributed by atoms with Gasteiger partial charge >= 0.3 is 0 Å². The number of aryl methyl sites for hydroxylation is 1. The first kappa shape index (κ1) is 12.6. The molecule has 2 rings (SSSR count). The Balaban J connectivity index is 2.43. The summed E-state index contributed by atoms with van der Waals surface area (Å²) in [4.78, 5) is 11.5. The predicted molar refractivity (Wildman–Crippen MR) is 72.9 cm³/mol. The molecule has 0 spiro atoms. The molecule has 0 aliphatic carbocycles. The van der Waals surface area contributed by atoms with Crippen LogP contribution in [0.2, 0.25) is 0 Å². The van der Waals surface area contributed by atoms with Gasteiger partial charge < -0.3 is 11.1 Å². The van der Waals surface area contributed by atoms with E-state index in [4.69, 9.17) is 5.73 Å². The summed E-state index contributed by atoms with van der Waals surface area (Å²) in [6.45, 7) is 2.11. The van der Waals surface area contributed by atoms with E-state index in [9.17, 15) is 4.79 Å². The first-order valence-corrected chi connectivity index (χ1v) is 6.79. The molecule has 92 valence electrons. The Morgan fingerprint density at radius 1 is 1.47 bits per heavy atom. The van der Waals surface area contributed by atoms with Crippen LogP contribution in [0.3, 0.4) is 0 Å². The van der Waals surface area contributed by atoms with E-state index in [1.54, 1.807) is 0 Å². The Morgan fingerprint density at radius 2 is 2.24 bits per heavy atom. The molecule has 3 N–H and O–H groups in total. The molecular formula is C13H17BrN2O. The van der Waals surface area contributed by atoms with Crippen molar-refractivity contribution in [3.63, 3.8) is 0 Å². The molecule has 3 nitrogen and oxygen atoms in total. The van der Waals surface area contributed by atoms with Gasteiger partial charge in [-0.15, -0.1) is 0 Å². The zero-order chi connectivity index (χ0) is 12.4. The molecule has 0 saturated carbocycles. The maximum Gasteiger partial charge on any atom is 0.224 e. The fraction of sp³-hybridized carbons (Fsp3) is 0.462. The number of anilines is 1. The molecule has 1 aromatic carbocycles. The maximum absolute atomic E-state index is 11.5. The van der Waals surface area contributed by atoms with E-state index in [1.165, 1.54) is 5.56 Å². The Labute approximate surface area is 110 Å². The van der Waals surface area contributed by atoms with E-state index in [2.05, 4.69) is 34.2 Å². The highest BCUT2D eigenvalue weighted by Crippen LogP contribution is 2.34. The summed E-state index contributed by atoms with van der Waals surface area (Å²) < 4.78 is 1.04. The highest BCUT2D eigenvalue weighted by Gasteiger charge is 2.21. The Hall–Kier alpha value is -0.870. The van der Waals surface area contributed by atoms with Crippen molar-refractivity contribution in [2.45, 2.75) is 38.6 Å². The Kier molecular flexibility index (Phi) is 3.84. The molecule has 0 saturated heterocycles. The van der Waals surface area contributed by atoms with Crippen molar-refractivity contribution < 1.29 is 4.79 Å². The molecule has 0 radical (unpaired) electrons. The topological polar surface area (TPSA) is 55.1 Å². The monoisotopic (exact) mass is 296 g/mol.